The number of nitrogens with zero attached hydrogens (tertiary/aromatic N) is 2. The molecule has 0 saturated heterocycles. The Bertz CT molecular complexity index is 1010. The van der Waals surface area contributed by atoms with Crippen LogP contribution < -0.4 is 10.1 Å². The second-order valence-corrected chi connectivity index (χ2v) is 7.01. The molecule has 1 atom stereocenters. The molecule has 4 rings (SSSR count). The van der Waals surface area contributed by atoms with Crippen LogP contribution in [0.2, 0.25) is 0 Å². The number of oxazole rings is 1. The number of urea groups is 1. The van der Waals surface area contributed by atoms with Gasteiger partial charge >= 0.3 is 6.03 Å². The van der Waals surface area contributed by atoms with E-state index in [2.05, 4.69) is 10.3 Å². The number of fused-ring (bicyclic) bond motifs is 1. The zero-order valence-corrected chi connectivity index (χ0v) is 16.2. The van der Waals surface area contributed by atoms with E-state index in [0.717, 1.165) is 28.1 Å². The van der Waals surface area contributed by atoms with Gasteiger partial charge < -0.3 is 19.4 Å². The van der Waals surface area contributed by atoms with Crippen molar-refractivity contribution in [2.75, 3.05) is 18.5 Å². The zero-order valence-electron chi connectivity index (χ0n) is 16.2. The van der Waals surface area contributed by atoms with Gasteiger partial charge in [0.05, 0.1) is 18.3 Å². The fourth-order valence-electron chi connectivity index (χ4n) is 3.45. The van der Waals surface area contributed by atoms with Crippen molar-refractivity contribution in [1.82, 2.24) is 9.88 Å². The number of carbonyl (C=O) groups excluding carboxylic acids is 1. The summed E-state index contributed by atoms with van der Waals surface area (Å²) in [5, 5.41) is 3.01. The van der Waals surface area contributed by atoms with Crippen molar-refractivity contribution in [3.05, 3.63) is 65.5 Å². The quantitative estimate of drug-likeness (QED) is 0.686. The standard InChI is InChI=1S/C22H23N3O3/c1-14-8-9-17(12-19(14)21-23-15(2)13-28-21)24-22(26)25-10-11-27-20-7-5-4-6-18(20)16(25)3/h4-9,12-13,16H,10-11H2,1-3H3,(H,24,26). The number of hydrogen-bond acceptors (Lipinski definition) is 4. The van der Waals surface area contributed by atoms with Gasteiger partial charge in [0.2, 0.25) is 5.89 Å². The van der Waals surface area contributed by atoms with Crippen LogP contribution in [0.1, 0.15) is 29.8 Å². The van der Waals surface area contributed by atoms with Crippen molar-refractivity contribution in [3.63, 3.8) is 0 Å². The highest BCUT2D eigenvalue weighted by molar-refractivity contribution is 5.90. The maximum atomic E-state index is 13.0. The van der Waals surface area contributed by atoms with E-state index in [-0.39, 0.29) is 12.1 Å². The topological polar surface area (TPSA) is 67.6 Å². The zero-order chi connectivity index (χ0) is 19.7. The Morgan fingerprint density at radius 1 is 1.21 bits per heavy atom. The van der Waals surface area contributed by atoms with E-state index in [9.17, 15) is 4.79 Å². The highest BCUT2D eigenvalue weighted by Crippen LogP contribution is 2.32. The summed E-state index contributed by atoms with van der Waals surface area (Å²) in [6, 6.07) is 13.3. The lowest BCUT2D eigenvalue weighted by molar-refractivity contribution is 0.185. The molecule has 2 heterocycles. The highest BCUT2D eigenvalue weighted by atomic mass is 16.5. The van der Waals surface area contributed by atoms with Gasteiger partial charge in [-0.25, -0.2) is 9.78 Å². The van der Waals surface area contributed by atoms with Crippen molar-refractivity contribution < 1.29 is 13.9 Å². The van der Waals surface area contributed by atoms with Gasteiger partial charge in [-0.1, -0.05) is 24.3 Å². The van der Waals surface area contributed by atoms with Crippen LogP contribution >= 0.6 is 0 Å². The maximum Gasteiger partial charge on any atom is 0.322 e. The number of hydrogen-bond donors (Lipinski definition) is 1. The third-order valence-corrected chi connectivity index (χ3v) is 5.03. The summed E-state index contributed by atoms with van der Waals surface area (Å²) in [5.41, 5.74) is 4.43. The minimum Gasteiger partial charge on any atom is -0.491 e. The molecule has 28 heavy (non-hydrogen) atoms. The van der Waals surface area contributed by atoms with E-state index < -0.39 is 0 Å². The van der Waals surface area contributed by atoms with Crippen LogP contribution in [0, 0.1) is 13.8 Å². The van der Waals surface area contributed by atoms with Crippen LogP contribution in [0.3, 0.4) is 0 Å². The van der Waals surface area contributed by atoms with E-state index in [0.29, 0.717) is 24.7 Å². The fourth-order valence-corrected chi connectivity index (χ4v) is 3.45. The first-order chi connectivity index (χ1) is 13.5. The lowest BCUT2D eigenvalue weighted by atomic mass is 10.1. The van der Waals surface area contributed by atoms with E-state index in [1.54, 1.807) is 11.2 Å². The Labute approximate surface area is 164 Å². The molecular weight excluding hydrogens is 354 g/mol. The molecule has 144 valence electrons. The summed E-state index contributed by atoms with van der Waals surface area (Å²) in [5.74, 6) is 1.39. The van der Waals surface area contributed by atoms with Crippen LogP contribution in [0.5, 0.6) is 5.75 Å². The van der Waals surface area contributed by atoms with Crippen LogP contribution in [0.15, 0.2) is 53.1 Å². The molecule has 1 aliphatic heterocycles. The van der Waals surface area contributed by atoms with Gasteiger partial charge in [0, 0.05) is 16.8 Å². The number of rotatable bonds is 2. The normalized spacial score (nSPS) is 16.1. The summed E-state index contributed by atoms with van der Waals surface area (Å²) in [4.78, 5) is 19.2. The fraction of sp³-hybridized carbons (Fsp3) is 0.273. The van der Waals surface area contributed by atoms with Crippen molar-refractivity contribution in [3.8, 4) is 17.2 Å². The van der Waals surface area contributed by atoms with Gasteiger partial charge in [0.25, 0.3) is 0 Å². The smallest absolute Gasteiger partial charge is 0.322 e. The Hall–Kier alpha value is -3.28. The summed E-state index contributed by atoms with van der Waals surface area (Å²) in [6.07, 6.45) is 1.62. The number of nitrogens with one attached hydrogen (secondary N) is 1. The van der Waals surface area contributed by atoms with Gasteiger partial charge in [0.1, 0.15) is 18.6 Å². The van der Waals surface area contributed by atoms with E-state index >= 15 is 0 Å². The molecule has 0 fully saturated rings. The molecule has 1 aliphatic rings. The molecule has 2 amide bonds. The molecule has 0 saturated carbocycles. The van der Waals surface area contributed by atoms with Crippen LogP contribution in [0.25, 0.3) is 11.5 Å². The predicted octanol–water partition coefficient (Wildman–Crippen LogP) is 4.95. The highest BCUT2D eigenvalue weighted by Gasteiger charge is 2.26. The maximum absolute atomic E-state index is 13.0. The van der Waals surface area contributed by atoms with Gasteiger partial charge in [-0.2, -0.15) is 0 Å². The second-order valence-electron chi connectivity index (χ2n) is 7.01. The van der Waals surface area contributed by atoms with Gasteiger partial charge in [-0.3, -0.25) is 0 Å². The first-order valence-corrected chi connectivity index (χ1v) is 9.35. The van der Waals surface area contributed by atoms with Crippen molar-refractivity contribution in [1.29, 1.82) is 0 Å². The average Bonchev–Trinajstić information content (AvgIpc) is 3.04. The van der Waals surface area contributed by atoms with Gasteiger partial charge in [0.15, 0.2) is 0 Å². The first kappa shape index (κ1) is 18.1. The van der Waals surface area contributed by atoms with Gasteiger partial charge in [-0.05, 0) is 44.5 Å². The van der Waals surface area contributed by atoms with Gasteiger partial charge in [-0.15, -0.1) is 0 Å². The number of aryl methyl sites for hydroxylation is 2. The van der Waals surface area contributed by atoms with Crippen LogP contribution in [-0.2, 0) is 0 Å². The molecule has 0 bridgehead atoms. The second kappa shape index (κ2) is 7.38. The predicted molar refractivity (Wildman–Crippen MR) is 107 cm³/mol. The summed E-state index contributed by atoms with van der Waals surface area (Å²) in [7, 11) is 0. The number of carbonyl (C=O) groups is 1. The third-order valence-electron chi connectivity index (χ3n) is 5.03. The summed E-state index contributed by atoms with van der Waals surface area (Å²) < 4.78 is 11.3. The minimum absolute atomic E-state index is 0.0852. The SMILES string of the molecule is Cc1coc(-c2cc(NC(=O)N3CCOc4ccccc4C3C)ccc2C)n1. The third kappa shape index (κ3) is 3.45. The van der Waals surface area contributed by atoms with Crippen molar-refractivity contribution in [2.24, 2.45) is 0 Å². The molecule has 0 aliphatic carbocycles. The van der Waals surface area contributed by atoms with Crippen LogP contribution in [-0.4, -0.2) is 29.1 Å². The van der Waals surface area contributed by atoms with Crippen LogP contribution in [0.4, 0.5) is 10.5 Å². The molecule has 6 heteroatoms. The molecular formula is C22H23N3O3. The Morgan fingerprint density at radius 3 is 2.82 bits per heavy atom. The molecule has 3 aromatic rings. The van der Waals surface area contributed by atoms with Crippen molar-refractivity contribution >= 4 is 11.7 Å². The van der Waals surface area contributed by atoms with Crippen molar-refractivity contribution in [2.45, 2.75) is 26.8 Å². The molecule has 1 aromatic heterocycles. The number of benzene rings is 2. The Morgan fingerprint density at radius 2 is 2.04 bits per heavy atom. The molecule has 1 unspecified atom stereocenters. The minimum atomic E-state index is -0.161. The van der Waals surface area contributed by atoms with E-state index in [4.69, 9.17) is 9.15 Å². The molecule has 1 N–H and O–H groups in total. The lowest BCUT2D eigenvalue weighted by Gasteiger charge is -2.27. The summed E-state index contributed by atoms with van der Waals surface area (Å²) >= 11 is 0. The molecule has 2 aromatic carbocycles. The number of anilines is 1. The molecule has 6 nitrogen and oxygen atoms in total. The first-order valence-electron chi connectivity index (χ1n) is 9.35. The summed E-state index contributed by atoms with van der Waals surface area (Å²) in [6.45, 7) is 6.87. The number of para-hydroxylation sites is 1. The largest absolute Gasteiger partial charge is 0.491 e. The number of aromatic nitrogens is 1. The number of amides is 2. The van der Waals surface area contributed by atoms with E-state index in [1.165, 1.54) is 0 Å². The monoisotopic (exact) mass is 377 g/mol. The Kier molecular flexibility index (Phi) is 4.77. The number of ether oxygens (including phenoxy) is 1. The molecule has 0 radical (unpaired) electrons. The van der Waals surface area contributed by atoms with E-state index in [1.807, 2.05) is 63.2 Å². The molecule has 0 spiro atoms. The average molecular weight is 377 g/mol. The Balaban J connectivity index is 1.57. The lowest BCUT2D eigenvalue weighted by Crippen LogP contribution is -2.38.